The number of nitrogens with one attached hydrogen (secondary N) is 1. The Balaban J connectivity index is 1.87. The number of benzene rings is 1. The summed E-state index contributed by atoms with van der Waals surface area (Å²) in [6.07, 6.45) is 2.60. The van der Waals surface area contributed by atoms with E-state index in [1.54, 1.807) is 6.20 Å². The van der Waals surface area contributed by atoms with Gasteiger partial charge in [-0.15, -0.1) is 0 Å². The third-order valence-corrected chi connectivity index (χ3v) is 2.61. The van der Waals surface area contributed by atoms with E-state index >= 15 is 0 Å². The zero-order chi connectivity index (χ0) is 12.1. The quantitative estimate of drug-likeness (QED) is 0.844. The lowest BCUT2D eigenvalue weighted by Gasteiger charge is -2.06. The van der Waals surface area contributed by atoms with Gasteiger partial charge in [-0.3, -0.25) is 0 Å². The van der Waals surface area contributed by atoms with E-state index in [-0.39, 0.29) is 5.28 Å². The zero-order valence-corrected chi connectivity index (χ0v) is 10.4. The number of rotatable bonds is 4. The van der Waals surface area contributed by atoms with Gasteiger partial charge in [-0.1, -0.05) is 29.8 Å². The Bertz CT molecular complexity index is 454. The Morgan fingerprint density at radius 3 is 2.94 bits per heavy atom. The van der Waals surface area contributed by atoms with Crippen LogP contribution >= 0.6 is 11.6 Å². The minimum Gasteiger partial charge on any atom is -0.370 e. The van der Waals surface area contributed by atoms with Crippen molar-refractivity contribution in [3.05, 3.63) is 52.9 Å². The van der Waals surface area contributed by atoms with Crippen molar-refractivity contribution in [3.8, 4) is 0 Å². The summed E-state index contributed by atoms with van der Waals surface area (Å²) in [6.45, 7) is 2.93. The fraction of sp³-hybridized carbons (Fsp3) is 0.231. The Kier molecular flexibility index (Phi) is 3.94. The molecule has 0 atom stereocenters. The Labute approximate surface area is 106 Å². The lowest BCUT2D eigenvalue weighted by Crippen LogP contribution is -2.06. The zero-order valence-electron chi connectivity index (χ0n) is 9.65. The van der Waals surface area contributed by atoms with Gasteiger partial charge in [0.1, 0.15) is 5.82 Å². The molecule has 0 saturated carbocycles. The van der Waals surface area contributed by atoms with Crippen LogP contribution in [0.4, 0.5) is 5.82 Å². The maximum Gasteiger partial charge on any atom is 0.224 e. The van der Waals surface area contributed by atoms with E-state index in [1.165, 1.54) is 11.1 Å². The van der Waals surface area contributed by atoms with Gasteiger partial charge < -0.3 is 5.32 Å². The van der Waals surface area contributed by atoms with Gasteiger partial charge in [-0.25, -0.2) is 9.97 Å². The van der Waals surface area contributed by atoms with Crippen molar-refractivity contribution in [2.24, 2.45) is 0 Å². The summed E-state index contributed by atoms with van der Waals surface area (Å²) in [5.74, 6) is 0.762. The molecule has 1 heterocycles. The summed E-state index contributed by atoms with van der Waals surface area (Å²) < 4.78 is 0. The molecular formula is C13H14ClN3. The van der Waals surface area contributed by atoms with Gasteiger partial charge in [0, 0.05) is 12.7 Å². The van der Waals surface area contributed by atoms with Gasteiger partial charge in [0.25, 0.3) is 0 Å². The Morgan fingerprint density at radius 2 is 2.18 bits per heavy atom. The van der Waals surface area contributed by atoms with Crippen LogP contribution in [-0.4, -0.2) is 16.5 Å². The van der Waals surface area contributed by atoms with E-state index in [4.69, 9.17) is 11.6 Å². The van der Waals surface area contributed by atoms with Crippen molar-refractivity contribution >= 4 is 17.4 Å². The number of nitrogens with zero attached hydrogens (tertiary/aromatic N) is 2. The topological polar surface area (TPSA) is 37.8 Å². The second-order valence-electron chi connectivity index (χ2n) is 3.88. The summed E-state index contributed by atoms with van der Waals surface area (Å²) >= 11 is 5.70. The van der Waals surface area contributed by atoms with Gasteiger partial charge >= 0.3 is 0 Å². The largest absolute Gasteiger partial charge is 0.370 e. The summed E-state index contributed by atoms with van der Waals surface area (Å²) in [4.78, 5) is 7.90. The van der Waals surface area contributed by atoms with Crippen molar-refractivity contribution in [2.45, 2.75) is 13.3 Å². The van der Waals surface area contributed by atoms with E-state index in [9.17, 15) is 0 Å². The fourth-order valence-electron chi connectivity index (χ4n) is 1.64. The second-order valence-corrected chi connectivity index (χ2v) is 4.21. The molecule has 3 nitrogen and oxygen atoms in total. The number of hydrogen-bond acceptors (Lipinski definition) is 3. The molecule has 0 radical (unpaired) electrons. The summed E-state index contributed by atoms with van der Waals surface area (Å²) in [6, 6.07) is 10.3. The molecule has 4 heteroatoms. The average Bonchev–Trinajstić information content (AvgIpc) is 2.29. The Hall–Kier alpha value is -1.61. The highest BCUT2D eigenvalue weighted by Crippen LogP contribution is 2.07. The molecule has 88 valence electrons. The number of anilines is 1. The normalized spacial score (nSPS) is 10.2. The SMILES string of the molecule is Cc1cccc(CCNc2ccnc(Cl)n2)c1. The first kappa shape index (κ1) is 11.9. The fourth-order valence-corrected chi connectivity index (χ4v) is 1.78. The Morgan fingerprint density at radius 1 is 1.29 bits per heavy atom. The molecule has 0 aliphatic carbocycles. The van der Waals surface area contributed by atoms with Crippen LogP contribution in [0.5, 0.6) is 0 Å². The molecule has 1 aromatic carbocycles. The van der Waals surface area contributed by atoms with Crippen LogP contribution in [0.15, 0.2) is 36.5 Å². The first-order chi connectivity index (χ1) is 8.24. The van der Waals surface area contributed by atoms with Crippen LogP contribution in [0, 0.1) is 6.92 Å². The molecule has 1 N–H and O–H groups in total. The molecule has 2 rings (SSSR count). The van der Waals surface area contributed by atoms with Gasteiger partial charge in [-0.2, -0.15) is 0 Å². The second kappa shape index (κ2) is 5.64. The molecule has 0 spiro atoms. The van der Waals surface area contributed by atoms with E-state index in [0.717, 1.165) is 18.8 Å². The number of hydrogen-bond donors (Lipinski definition) is 1. The molecule has 0 aliphatic rings. The molecule has 2 aromatic rings. The first-order valence-electron chi connectivity index (χ1n) is 5.52. The van der Waals surface area contributed by atoms with Gasteiger partial charge in [0.05, 0.1) is 0 Å². The van der Waals surface area contributed by atoms with Crippen molar-refractivity contribution in [1.82, 2.24) is 9.97 Å². The van der Waals surface area contributed by atoms with E-state index < -0.39 is 0 Å². The lowest BCUT2D eigenvalue weighted by molar-refractivity contribution is 0.997. The molecule has 0 amide bonds. The standard InChI is InChI=1S/C13H14ClN3/c1-10-3-2-4-11(9-10)5-7-15-12-6-8-16-13(14)17-12/h2-4,6,8-9H,5,7H2,1H3,(H,15,16,17). The number of halogens is 1. The predicted octanol–water partition coefficient (Wildman–Crippen LogP) is 3.09. The van der Waals surface area contributed by atoms with Crippen molar-refractivity contribution < 1.29 is 0 Å². The van der Waals surface area contributed by atoms with Gasteiger partial charge in [0.15, 0.2) is 0 Å². The highest BCUT2D eigenvalue weighted by atomic mass is 35.5. The summed E-state index contributed by atoms with van der Waals surface area (Å²) in [7, 11) is 0. The van der Waals surface area contributed by atoms with Crippen LogP contribution in [-0.2, 0) is 6.42 Å². The van der Waals surface area contributed by atoms with E-state index in [1.807, 2.05) is 6.07 Å². The first-order valence-corrected chi connectivity index (χ1v) is 5.90. The van der Waals surface area contributed by atoms with Crippen LogP contribution < -0.4 is 5.32 Å². The minimum absolute atomic E-state index is 0.269. The molecule has 0 aliphatic heterocycles. The summed E-state index contributed by atoms with van der Waals surface area (Å²) in [5, 5.41) is 3.49. The number of aromatic nitrogens is 2. The smallest absolute Gasteiger partial charge is 0.224 e. The van der Waals surface area contributed by atoms with E-state index in [2.05, 4.69) is 46.5 Å². The molecule has 1 aromatic heterocycles. The maximum absolute atomic E-state index is 5.70. The van der Waals surface area contributed by atoms with Crippen molar-refractivity contribution in [1.29, 1.82) is 0 Å². The maximum atomic E-state index is 5.70. The van der Waals surface area contributed by atoms with E-state index in [0.29, 0.717) is 0 Å². The molecule has 0 fully saturated rings. The molecule has 0 unspecified atom stereocenters. The van der Waals surface area contributed by atoms with Crippen LogP contribution in [0.25, 0.3) is 0 Å². The third kappa shape index (κ3) is 3.71. The highest BCUT2D eigenvalue weighted by Gasteiger charge is 1.97. The highest BCUT2D eigenvalue weighted by molar-refractivity contribution is 6.28. The van der Waals surface area contributed by atoms with Crippen LogP contribution in [0.2, 0.25) is 5.28 Å². The summed E-state index contributed by atoms with van der Waals surface area (Å²) in [5.41, 5.74) is 2.60. The number of aryl methyl sites for hydroxylation is 1. The van der Waals surface area contributed by atoms with Crippen LogP contribution in [0.3, 0.4) is 0 Å². The van der Waals surface area contributed by atoms with Gasteiger partial charge in [0.2, 0.25) is 5.28 Å². The molecular weight excluding hydrogens is 234 g/mol. The average molecular weight is 248 g/mol. The molecule has 17 heavy (non-hydrogen) atoms. The van der Waals surface area contributed by atoms with Crippen LogP contribution in [0.1, 0.15) is 11.1 Å². The monoisotopic (exact) mass is 247 g/mol. The minimum atomic E-state index is 0.269. The predicted molar refractivity (Wildman–Crippen MR) is 70.4 cm³/mol. The lowest BCUT2D eigenvalue weighted by atomic mass is 10.1. The van der Waals surface area contributed by atoms with Gasteiger partial charge in [-0.05, 0) is 36.6 Å². The van der Waals surface area contributed by atoms with Crippen molar-refractivity contribution in [2.75, 3.05) is 11.9 Å². The molecule has 0 bridgehead atoms. The molecule has 0 saturated heterocycles. The third-order valence-electron chi connectivity index (χ3n) is 2.43. The van der Waals surface area contributed by atoms with Crippen molar-refractivity contribution in [3.63, 3.8) is 0 Å².